The van der Waals surface area contributed by atoms with Crippen molar-refractivity contribution < 1.29 is 9.59 Å². The van der Waals surface area contributed by atoms with Crippen molar-refractivity contribution in [1.29, 1.82) is 0 Å². The van der Waals surface area contributed by atoms with E-state index in [-0.39, 0.29) is 11.8 Å². The molecule has 1 saturated heterocycles. The van der Waals surface area contributed by atoms with E-state index >= 15 is 0 Å². The maximum absolute atomic E-state index is 13.1. The van der Waals surface area contributed by atoms with Gasteiger partial charge in [0.1, 0.15) is 0 Å². The quantitative estimate of drug-likeness (QED) is 0.811. The highest BCUT2D eigenvalue weighted by Crippen LogP contribution is 2.22. The van der Waals surface area contributed by atoms with Crippen LogP contribution < -0.4 is 4.90 Å². The first-order valence-corrected chi connectivity index (χ1v) is 9.42. The van der Waals surface area contributed by atoms with Crippen molar-refractivity contribution in [2.24, 2.45) is 0 Å². The van der Waals surface area contributed by atoms with Gasteiger partial charge in [0, 0.05) is 57.4 Å². The largest absolute Gasteiger partial charge is 0.377 e. The third-order valence-electron chi connectivity index (χ3n) is 4.81. The van der Waals surface area contributed by atoms with Gasteiger partial charge in [0.05, 0.1) is 5.56 Å². The minimum absolute atomic E-state index is 0.0355. The lowest BCUT2D eigenvalue weighted by Crippen LogP contribution is -2.36. The molecule has 1 heterocycles. The van der Waals surface area contributed by atoms with Gasteiger partial charge in [0.15, 0.2) is 0 Å². The molecule has 0 spiro atoms. The number of halogens is 1. The number of carbonyl (C=O) groups excluding carboxylic acids is 2. The first kappa shape index (κ1) is 19.2. The van der Waals surface area contributed by atoms with Crippen LogP contribution in [0.1, 0.15) is 22.3 Å². The zero-order chi connectivity index (χ0) is 19.4. The second kappa shape index (κ2) is 8.44. The highest BCUT2D eigenvalue weighted by atomic mass is 35.5. The lowest BCUT2D eigenvalue weighted by Gasteiger charge is -2.24. The van der Waals surface area contributed by atoms with Crippen LogP contribution in [0, 0.1) is 0 Å². The molecule has 1 aliphatic heterocycles. The van der Waals surface area contributed by atoms with Crippen LogP contribution in [0.5, 0.6) is 0 Å². The van der Waals surface area contributed by atoms with E-state index in [1.807, 2.05) is 67.5 Å². The van der Waals surface area contributed by atoms with Gasteiger partial charge >= 0.3 is 0 Å². The Kier molecular flexibility index (Phi) is 6.01. The van der Waals surface area contributed by atoms with Gasteiger partial charge in [-0.1, -0.05) is 41.9 Å². The van der Waals surface area contributed by atoms with Crippen LogP contribution in [0.3, 0.4) is 0 Å². The summed E-state index contributed by atoms with van der Waals surface area (Å²) in [5.74, 6) is 0.0119. The van der Waals surface area contributed by atoms with Gasteiger partial charge in [-0.2, -0.15) is 0 Å². The fourth-order valence-corrected chi connectivity index (χ4v) is 3.48. The Labute approximate surface area is 165 Å². The fourth-order valence-electron chi connectivity index (χ4n) is 3.28. The Morgan fingerprint density at radius 2 is 1.74 bits per heavy atom. The molecule has 27 heavy (non-hydrogen) atoms. The summed E-state index contributed by atoms with van der Waals surface area (Å²) in [7, 11) is 3.84. The van der Waals surface area contributed by atoms with Gasteiger partial charge < -0.3 is 14.7 Å². The van der Waals surface area contributed by atoms with Crippen molar-refractivity contribution in [2.75, 3.05) is 38.6 Å². The van der Waals surface area contributed by atoms with Crippen LogP contribution in [-0.2, 0) is 11.3 Å². The van der Waals surface area contributed by atoms with Gasteiger partial charge in [-0.25, -0.2) is 0 Å². The number of carbonyl (C=O) groups is 2. The summed E-state index contributed by atoms with van der Waals surface area (Å²) >= 11 is 6.23. The Morgan fingerprint density at radius 1 is 1.04 bits per heavy atom. The molecule has 142 valence electrons. The number of amides is 2. The molecule has 1 fully saturated rings. The number of benzene rings is 2. The molecule has 0 aromatic heterocycles. The lowest BCUT2D eigenvalue weighted by molar-refractivity contribution is -0.130. The van der Waals surface area contributed by atoms with E-state index in [2.05, 4.69) is 0 Å². The number of nitrogens with zero attached hydrogens (tertiary/aromatic N) is 3. The minimum Gasteiger partial charge on any atom is -0.377 e. The molecule has 0 bridgehead atoms. The highest BCUT2D eigenvalue weighted by Gasteiger charge is 2.26. The molecule has 0 radical (unpaired) electrons. The van der Waals surface area contributed by atoms with E-state index in [1.165, 1.54) is 0 Å². The average molecular weight is 386 g/mol. The number of hydrogen-bond acceptors (Lipinski definition) is 3. The maximum atomic E-state index is 13.1. The number of rotatable bonds is 4. The Bertz CT molecular complexity index is 838. The van der Waals surface area contributed by atoms with Gasteiger partial charge in [0.25, 0.3) is 5.91 Å². The van der Waals surface area contributed by atoms with Crippen molar-refractivity contribution in [3.05, 3.63) is 64.7 Å². The summed E-state index contributed by atoms with van der Waals surface area (Å²) in [6.45, 7) is 1.91. The topological polar surface area (TPSA) is 43.9 Å². The van der Waals surface area contributed by atoms with Gasteiger partial charge in [-0.15, -0.1) is 0 Å². The van der Waals surface area contributed by atoms with Crippen LogP contribution in [0.2, 0.25) is 5.02 Å². The second-order valence-electron chi connectivity index (χ2n) is 6.86. The zero-order valence-corrected chi connectivity index (χ0v) is 16.4. The van der Waals surface area contributed by atoms with E-state index in [9.17, 15) is 9.59 Å². The molecule has 3 rings (SSSR count). The van der Waals surface area contributed by atoms with Crippen molar-refractivity contribution in [1.82, 2.24) is 9.80 Å². The van der Waals surface area contributed by atoms with Crippen LogP contribution in [0.15, 0.2) is 48.5 Å². The van der Waals surface area contributed by atoms with Gasteiger partial charge in [0.2, 0.25) is 5.91 Å². The highest BCUT2D eigenvalue weighted by molar-refractivity contribution is 6.31. The monoisotopic (exact) mass is 385 g/mol. The molecule has 2 amide bonds. The van der Waals surface area contributed by atoms with E-state index in [0.29, 0.717) is 43.2 Å². The zero-order valence-electron chi connectivity index (χ0n) is 15.7. The van der Waals surface area contributed by atoms with Crippen LogP contribution in [0.4, 0.5) is 5.69 Å². The summed E-state index contributed by atoms with van der Waals surface area (Å²) < 4.78 is 0. The molecule has 0 atom stereocenters. The van der Waals surface area contributed by atoms with Crippen molar-refractivity contribution in [3.63, 3.8) is 0 Å². The SMILES string of the molecule is CN(C)c1ccccc1C(=O)N1CCC(=O)N(Cc2ccccc2Cl)CC1. The van der Waals surface area contributed by atoms with Crippen molar-refractivity contribution in [3.8, 4) is 0 Å². The molecule has 0 aliphatic carbocycles. The van der Waals surface area contributed by atoms with Gasteiger partial charge in [-0.05, 0) is 23.8 Å². The first-order chi connectivity index (χ1) is 13.0. The first-order valence-electron chi connectivity index (χ1n) is 9.04. The summed E-state index contributed by atoms with van der Waals surface area (Å²) in [5, 5.41) is 0.655. The summed E-state index contributed by atoms with van der Waals surface area (Å²) in [6.07, 6.45) is 0.320. The summed E-state index contributed by atoms with van der Waals surface area (Å²) in [4.78, 5) is 31.1. The molecular formula is C21H24ClN3O2. The summed E-state index contributed by atoms with van der Waals surface area (Å²) in [6, 6.07) is 15.1. The van der Waals surface area contributed by atoms with Crippen LogP contribution >= 0.6 is 11.6 Å². The Balaban J connectivity index is 1.73. The minimum atomic E-state index is -0.0355. The van der Waals surface area contributed by atoms with E-state index in [4.69, 9.17) is 11.6 Å². The van der Waals surface area contributed by atoms with E-state index < -0.39 is 0 Å². The second-order valence-corrected chi connectivity index (χ2v) is 7.27. The molecule has 0 saturated carbocycles. The third-order valence-corrected chi connectivity index (χ3v) is 5.18. The standard InChI is InChI=1S/C21H24ClN3O2/c1-23(2)19-10-6-4-8-17(19)21(27)24-12-11-20(26)25(14-13-24)15-16-7-3-5-9-18(16)22/h3-10H,11-15H2,1-2H3. The molecule has 1 aliphatic rings. The van der Waals surface area contributed by atoms with Crippen molar-refractivity contribution in [2.45, 2.75) is 13.0 Å². The molecule has 0 unspecified atom stereocenters. The Morgan fingerprint density at radius 3 is 2.48 bits per heavy atom. The van der Waals surface area contributed by atoms with E-state index in [1.54, 1.807) is 9.80 Å². The predicted octanol–water partition coefficient (Wildman–Crippen LogP) is 3.28. The molecule has 2 aromatic rings. The number of para-hydroxylation sites is 1. The van der Waals surface area contributed by atoms with Crippen molar-refractivity contribution >= 4 is 29.1 Å². The number of anilines is 1. The molecule has 0 N–H and O–H groups in total. The average Bonchev–Trinajstić information content (AvgIpc) is 2.85. The lowest BCUT2D eigenvalue weighted by atomic mass is 10.1. The van der Waals surface area contributed by atoms with E-state index in [0.717, 1.165) is 11.3 Å². The van der Waals surface area contributed by atoms with Crippen LogP contribution in [0.25, 0.3) is 0 Å². The van der Waals surface area contributed by atoms with Crippen LogP contribution in [-0.4, -0.2) is 55.3 Å². The van der Waals surface area contributed by atoms with Gasteiger partial charge in [-0.3, -0.25) is 9.59 Å². The normalized spacial score (nSPS) is 14.9. The third kappa shape index (κ3) is 4.42. The Hall–Kier alpha value is -2.53. The molecule has 2 aromatic carbocycles. The molecule has 5 nitrogen and oxygen atoms in total. The summed E-state index contributed by atoms with van der Waals surface area (Å²) in [5.41, 5.74) is 2.46. The molecular weight excluding hydrogens is 362 g/mol. The fraction of sp³-hybridized carbons (Fsp3) is 0.333. The predicted molar refractivity (Wildman–Crippen MR) is 108 cm³/mol. The molecule has 6 heteroatoms. The number of hydrogen-bond donors (Lipinski definition) is 0. The smallest absolute Gasteiger partial charge is 0.256 e. The maximum Gasteiger partial charge on any atom is 0.256 e.